The van der Waals surface area contributed by atoms with Crippen LogP contribution in [0.4, 0.5) is 34.1 Å². The molecule has 434 valence electrons. The highest BCUT2D eigenvalue weighted by atomic mass is 28.3. The molecule has 2 nitrogen and oxygen atoms in total. The maximum Gasteiger partial charge on any atom is 0.0775 e. The van der Waals surface area contributed by atoms with Gasteiger partial charge in [0.05, 0.1) is 32.3 Å². The van der Waals surface area contributed by atoms with Crippen molar-refractivity contribution in [3.63, 3.8) is 0 Å². The Morgan fingerprint density at radius 3 is 0.591 bits per heavy atom. The molecule has 0 N–H and O–H groups in total. The van der Waals surface area contributed by atoms with Gasteiger partial charge in [-0.1, -0.05) is 293 Å². The fourth-order valence-corrected chi connectivity index (χ4v) is 17.9. The van der Waals surface area contributed by atoms with Gasteiger partial charge in [0.25, 0.3) is 0 Å². The van der Waals surface area contributed by atoms with Gasteiger partial charge in [-0.25, -0.2) is 0 Å². The van der Waals surface area contributed by atoms with Crippen molar-refractivity contribution < 1.29 is 0 Å². The molecule has 0 spiro atoms. The summed E-state index contributed by atoms with van der Waals surface area (Å²) in [5.41, 5.74) is 16.7. The van der Waals surface area contributed by atoms with E-state index in [0.717, 1.165) is 34.1 Å². The third kappa shape index (κ3) is 11.1. The van der Waals surface area contributed by atoms with Gasteiger partial charge in [-0.2, -0.15) is 0 Å². The van der Waals surface area contributed by atoms with E-state index in [-0.39, 0.29) is 0 Å². The number of benzene rings is 13. The minimum Gasteiger partial charge on any atom is -0.310 e. The number of hydrogen-bond acceptors (Lipinski definition) is 2. The van der Waals surface area contributed by atoms with Crippen molar-refractivity contribution in [2.45, 2.75) is 78.6 Å². The minimum absolute atomic E-state index is 1.14. The Hall–Kier alpha value is -8.63. The van der Waals surface area contributed by atoms with E-state index in [1.54, 1.807) is 0 Å². The van der Waals surface area contributed by atoms with Gasteiger partial charge in [0, 0.05) is 34.1 Å². The van der Waals surface area contributed by atoms with Crippen molar-refractivity contribution in [1.82, 2.24) is 0 Å². The van der Waals surface area contributed by atoms with E-state index < -0.39 is 32.3 Å². The average molecular weight is 1210 g/mol. The monoisotopic (exact) mass is 1200 g/mol. The molecule has 13 aromatic rings. The molecule has 0 radical (unpaired) electrons. The van der Waals surface area contributed by atoms with Crippen LogP contribution in [-0.2, 0) is 0 Å². The zero-order valence-electron chi connectivity index (χ0n) is 53.3. The number of hydrogen-bond donors (Lipinski definition) is 0. The first-order valence-electron chi connectivity index (χ1n) is 31.4. The molecule has 88 heavy (non-hydrogen) atoms. The van der Waals surface area contributed by atoms with Crippen molar-refractivity contribution in [1.29, 1.82) is 0 Å². The Balaban J connectivity index is 0.910. The normalized spacial score (nSPS) is 12.3. The van der Waals surface area contributed by atoms with Crippen LogP contribution in [0.15, 0.2) is 267 Å². The molecule has 0 atom stereocenters. The van der Waals surface area contributed by atoms with Crippen molar-refractivity contribution in [2.24, 2.45) is 0 Å². The molecule has 13 rings (SSSR count). The van der Waals surface area contributed by atoms with Crippen LogP contribution < -0.4 is 30.5 Å². The summed E-state index contributed by atoms with van der Waals surface area (Å²) in [6.45, 7) is 29.1. The Bertz CT molecular complexity index is 4200. The molecule has 0 saturated heterocycles. The van der Waals surface area contributed by atoms with Gasteiger partial charge < -0.3 is 9.80 Å². The van der Waals surface area contributed by atoms with Crippen LogP contribution in [0.25, 0.3) is 87.6 Å². The van der Waals surface area contributed by atoms with Gasteiger partial charge in [-0.05, 0) is 160 Å². The van der Waals surface area contributed by atoms with Crippen LogP contribution in [0.5, 0.6) is 0 Å². The molecule has 0 aliphatic heterocycles. The van der Waals surface area contributed by atoms with Crippen LogP contribution in [0.2, 0.25) is 78.6 Å². The van der Waals surface area contributed by atoms with Crippen LogP contribution in [0, 0.1) is 0 Å². The lowest BCUT2D eigenvalue weighted by atomic mass is 9.84. The van der Waals surface area contributed by atoms with Gasteiger partial charge in [0.1, 0.15) is 0 Å². The van der Waals surface area contributed by atoms with E-state index in [9.17, 15) is 0 Å². The lowest BCUT2D eigenvalue weighted by Crippen LogP contribution is -2.37. The molecule has 0 amide bonds. The molecule has 13 aromatic carbocycles. The summed E-state index contributed by atoms with van der Waals surface area (Å²) in [6.07, 6.45) is 0. The largest absolute Gasteiger partial charge is 0.310 e. The van der Waals surface area contributed by atoms with Crippen molar-refractivity contribution in [3.05, 3.63) is 267 Å². The standard InChI is InChI=1S/C82H80N2Si4/c1-85(2,3)67-47-39-61(40-48-67)83(62-41-49-68(50-42-62)86(4,5)6)65-25-21-23-59(55-65)81-75-31-17-13-27-71(75)79(72-28-14-18-32-76(72)81)57-35-37-58(38-36-57)80-73-29-15-19-33-77(73)82(78-34-20-16-30-74(78)80)60-24-22-26-66(56-60)84(63-43-51-69(52-44-63)87(7,8)9)64-45-53-70(54-46-64)88(10,11)12/h13-56H,1-12H3. The summed E-state index contributed by atoms with van der Waals surface area (Å²) in [5, 5.41) is 15.8. The molecular weight excluding hydrogens is 1130 g/mol. The number of rotatable bonds is 14. The van der Waals surface area contributed by atoms with Crippen LogP contribution in [0.3, 0.4) is 0 Å². The van der Waals surface area contributed by atoms with E-state index in [2.05, 4.69) is 355 Å². The van der Waals surface area contributed by atoms with Crippen LogP contribution in [-0.4, -0.2) is 32.3 Å². The van der Waals surface area contributed by atoms with Crippen molar-refractivity contribution >= 4 is 130 Å². The molecule has 0 aliphatic rings. The maximum atomic E-state index is 2.45. The lowest BCUT2D eigenvalue weighted by molar-refractivity contribution is 1.29. The Labute approximate surface area is 526 Å². The second-order valence-electron chi connectivity index (χ2n) is 28.2. The predicted molar refractivity (Wildman–Crippen MR) is 399 cm³/mol. The van der Waals surface area contributed by atoms with Gasteiger partial charge in [0.2, 0.25) is 0 Å². The zero-order chi connectivity index (χ0) is 61.3. The van der Waals surface area contributed by atoms with Gasteiger partial charge >= 0.3 is 0 Å². The highest BCUT2D eigenvalue weighted by molar-refractivity contribution is 6.90. The Morgan fingerprint density at radius 1 is 0.182 bits per heavy atom. The first-order chi connectivity index (χ1) is 42.2. The van der Waals surface area contributed by atoms with E-state index >= 15 is 0 Å². The van der Waals surface area contributed by atoms with Crippen LogP contribution in [0.1, 0.15) is 0 Å². The van der Waals surface area contributed by atoms with E-state index in [1.165, 1.54) is 108 Å². The minimum atomic E-state index is -1.51. The fourth-order valence-electron chi connectivity index (χ4n) is 13.2. The molecule has 6 heteroatoms. The molecule has 0 saturated carbocycles. The summed E-state index contributed by atoms with van der Waals surface area (Å²) in [5.74, 6) is 0. The molecule has 0 unspecified atom stereocenters. The van der Waals surface area contributed by atoms with Gasteiger partial charge in [-0.15, -0.1) is 0 Å². The fraction of sp³-hybridized carbons (Fsp3) is 0.146. The average Bonchev–Trinajstić information content (AvgIpc) is 0.995. The summed E-state index contributed by atoms with van der Waals surface area (Å²) < 4.78 is 0. The van der Waals surface area contributed by atoms with Gasteiger partial charge in [0.15, 0.2) is 0 Å². The van der Waals surface area contributed by atoms with Crippen molar-refractivity contribution in [3.8, 4) is 44.5 Å². The Kier molecular flexibility index (Phi) is 15.1. The van der Waals surface area contributed by atoms with E-state index in [4.69, 9.17) is 0 Å². The zero-order valence-corrected chi connectivity index (χ0v) is 57.3. The molecular formula is C82H80N2Si4. The summed E-state index contributed by atoms with van der Waals surface area (Å²) in [6, 6.07) is 102. The van der Waals surface area contributed by atoms with Crippen molar-refractivity contribution in [2.75, 3.05) is 9.80 Å². The third-order valence-corrected chi connectivity index (χ3v) is 26.3. The first-order valence-corrected chi connectivity index (χ1v) is 45.4. The summed E-state index contributed by atoms with van der Waals surface area (Å²) in [4.78, 5) is 4.89. The topological polar surface area (TPSA) is 6.48 Å². The molecule has 0 fully saturated rings. The number of nitrogens with zero attached hydrogens (tertiary/aromatic N) is 2. The molecule has 0 aromatic heterocycles. The van der Waals surface area contributed by atoms with Gasteiger partial charge in [-0.3, -0.25) is 0 Å². The second kappa shape index (κ2) is 22.8. The maximum absolute atomic E-state index is 2.45. The number of fused-ring (bicyclic) bond motifs is 4. The lowest BCUT2D eigenvalue weighted by Gasteiger charge is -2.28. The van der Waals surface area contributed by atoms with E-state index in [0.29, 0.717) is 0 Å². The summed E-state index contributed by atoms with van der Waals surface area (Å²) >= 11 is 0. The van der Waals surface area contributed by atoms with Crippen LogP contribution >= 0.6 is 0 Å². The highest BCUT2D eigenvalue weighted by Crippen LogP contribution is 2.48. The quantitative estimate of drug-likeness (QED) is 0.0791. The SMILES string of the molecule is C[Si](C)(C)c1ccc(N(c2ccc([Si](C)(C)C)cc2)c2cccc(-c3c4ccccc4c(-c4ccc(-c5c6ccccc6c(-c6cccc(N(c7ccc([Si](C)(C)C)cc7)c7ccc([Si](C)(C)C)cc7)c6)c6ccccc56)cc4)c4ccccc34)c2)cc1. The Morgan fingerprint density at radius 2 is 0.386 bits per heavy atom. The van der Waals surface area contributed by atoms with E-state index in [1.807, 2.05) is 0 Å². The smallest absolute Gasteiger partial charge is 0.0775 e. The molecule has 0 bridgehead atoms. The summed E-state index contributed by atoms with van der Waals surface area (Å²) in [7, 11) is -6.03. The third-order valence-electron chi connectivity index (χ3n) is 18.1. The molecule has 0 aliphatic carbocycles. The molecule has 0 heterocycles. The first kappa shape index (κ1) is 58.4. The predicted octanol–water partition coefficient (Wildman–Crippen LogP) is 22.1. The number of anilines is 6. The second-order valence-corrected chi connectivity index (χ2v) is 48.5. The highest BCUT2D eigenvalue weighted by Gasteiger charge is 2.26.